The number of carboxylic acids is 1. The van der Waals surface area contributed by atoms with Crippen LogP contribution in [0.3, 0.4) is 0 Å². The number of aliphatic hydroxyl groups is 11. The van der Waals surface area contributed by atoms with Crippen molar-refractivity contribution in [2.45, 2.75) is 253 Å². The van der Waals surface area contributed by atoms with Crippen LogP contribution < -0.4 is 10.6 Å². The fourth-order valence-corrected chi connectivity index (χ4v) is 9.21. The second-order valence-corrected chi connectivity index (χ2v) is 19.7. The fraction of sp³-hybridized carbons (Fsp3) is 0.863. The number of aliphatic carboxylic acids is 1. The molecule has 0 aliphatic carbocycles. The second kappa shape index (κ2) is 34.9. The number of ether oxygens (including phenoxy) is 6. The summed E-state index contributed by atoms with van der Waals surface area (Å²) in [5.74, 6) is -6.17. The number of nitrogens with one attached hydrogen (secondary N) is 2. The number of amides is 2. The number of carbonyl (C=O) groups is 3. The van der Waals surface area contributed by atoms with Crippen molar-refractivity contribution in [3.05, 3.63) is 24.3 Å². The summed E-state index contributed by atoms with van der Waals surface area (Å²) in [5, 5.41) is 135. The van der Waals surface area contributed by atoms with Gasteiger partial charge in [-0.15, -0.1) is 0 Å². The van der Waals surface area contributed by atoms with Gasteiger partial charge in [0.05, 0.1) is 50.7 Å². The number of hydrogen-bond acceptors (Lipinski definition) is 20. The highest BCUT2D eigenvalue weighted by Crippen LogP contribution is 2.38. The topological polar surface area (TPSA) is 373 Å². The monoisotopic (exact) mass is 1070 g/mol. The molecule has 3 aliphatic heterocycles. The van der Waals surface area contributed by atoms with Gasteiger partial charge in [0.1, 0.15) is 67.1 Å². The van der Waals surface area contributed by atoms with Crippen molar-refractivity contribution in [3.8, 4) is 0 Å². The predicted octanol–water partition coefficient (Wildman–Crippen LogP) is -0.179. The molecule has 18 unspecified atom stereocenters. The van der Waals surface area contributed by atoms with Gasteiger partial charge in [0.25, 0.3) is 5.79 Å². The number of aliphatic hydroxyl groups excluding tert-OH is 11. The first-order chi connectivity index (χ1) is 35.4. The highest BCUT2D eigenvalue weighted by Gasteiger charge is 2.60. The Balaban J connectivity index is 1.74. The quantitative estimate of drug-likeness (QED) is 0.0286. The number of carboxylic acid groups (broad SMARTS) is 1. The van der Waals surface area contributed by atoms with Crippen LogP contribution in [0.15, 0.2) is 24.3 Å². The van der Waals surface area contributed by atoms with E-state index in [9.17, 15) is 75.7 Å². The summed E-state index contributed by atoms with van der Waals surface area (Å²) < 4.78 is 34.5. The Kier molecular flexibility index (Phi) is 30.9. The molecule has 18 atom stereocenters. The Bertz CT molecular complexity index is 1650. The normalized spacial score (nSPS) is 32.3. The van der Waals surface area contributed by atoms with Crippen LogP contribution in [0.25, 0.3) is 0 Å². The fourth-order valence-electron chi connectivity index (χ4n) is 9.21. The van der Waals surface area contributed by atoms with Crippen LogP contribution in [0.2, 0.25) is 0 Å². The lowest BCUT2D eigenvalue weighted by atomic mass is 9.88. The molecule has 3 fully saturated rings. The van der Waals surface area contributed by atoms with E-state index >= 15 is 0 Å². The van der Waals surface area contributed by atoms with Crippen molar-refractivity contribution in [1.29, 1.82) is 0 Å². The van der Waals surface area contributed by atoms with Gasteiger partial charge in [-0.1, -0.05) is 109 Å². The van der Waals surface area contributed by atoms with Crippen LogP contribution in [-0.4, -0.2) is 215 Å². The summed E-state index contributed by atoms with van der Waals surface area (Å²) in [7, 11) is 0. The van der Waals surface area contributed by atoms with Crippen molar-refractivity contribution in [2.75, 3.05) is 26.4 Å². The minimum atomic E-state index is -3.08. The lowest BCUT2D eigenvalue weighted by Crippen LogP contribution is -2.70. The second-order valence-electron chi connectivity index (χ2n) is 19.7. The van der Waals surface area contributed by atoms with Gasteiger partial charge < -0.3 is 100 Å². The first-order valence-electron chi connectivity index (χ1n) is 26.7. The third-order valence-corrected chi connectivity index (χ3v) is 13.6. The number of rotatable bonds is 36. The Morgan fingerprint density at radius 2 is 1.28 bits per heavy atom. The third-order valence-electron chi connectivity index (χ3n) is 13.6. The molecule has 0 saturated carbocycles. The Labute approximate surface area is 434 Å². The molecule has 23 nitrogen and oxygen atoms in total. The van der Waals surface area contributed by atoms with E-state index in [2.05, 4.69) is 36.6 Å². The van der Waals surface area contributed by atoms with E-state index in [1.165, 1.54) is 25.7 Å². The highest BCUT2D eigenvalue weighted by atomic mass is 16.8. The van der Waals surface area contributed by atoms with Crippen LogP contribution >= 0.6 is 0 Å². The van der Waals surface area contributed by atoms with E-state index in [-0.39, 0.29) is 12.3 Å². The molecule has 0 bridgehead atoms. The van der Waals surface area contributed by atoms with Gasteiger partial charge in [-0.05, 0) is 38.5 Å². The zero-order valence-corrected chi connectivity index (χ0v) is 43.4. The Morgan fingerprint density at radius 3 is 1.88 bits per heavy atom. The summed E-state index contributed by atoms with van der Waals surface area (Å²) >= 11 is 0. The molecule has 3 heterocycles. The largest absolute Gasteiger partial charge is 0.477 e. The number of allylic oxidation sites excluding steroid dienone is 3. The zero-order valence-electron chi connectivity index (χ0n) is 43.4. The molecule has 2 amide bonds. The van der Waals surface area contributed by atoms with Gasteiger partial charge in [-0.25, -0.2) is 4.79 Å². The van der Waals surface area contributed by atoms with Gasteiger partial charge in [0.2, 0.25) is 11.8 Å². The predicted molar refractivity (Wildman–Crippen MR) is 264 cm³/mol. The van der Waals surface area contributed by atoms with E-state index in [1.807, 2.05) is 6.08 Å². The maximum atomic E-state index is 13.2. The number of hydrogen-bond donors (Lipinski definition) is 14. The van der Waals surface area contributed by atoms with E-state index in [1.54, 1.807) is 6.08 Å². The van der Waals surface area contributed by atoms with E-state index < -0.39 is 155 Å². The number of carbonyl (C=O) groups excluding carboxylic acids is 2. The minimum Gasteiger partial charge on any atom is -0.477 e. The van der Waals surface area contributed by atoms with E-state index in [4.69, 9.17) is 28.4 Å². The van der Waals surface area contributed by atoms with Crippen molar-refractivity contribution < 1.29 is 104 Å². The van der Waals surface area contributed by atoms with Gasteiger partial charge in [0.15, 0.2) is 12.6 Å². The van der Waals surface area contributed by atoms with Crippen molar-refractivity contribution in [1.82, 2.24) is 10.6 Å². The van der Waals surface area contributed by atoms with Crippen molar-refractivity contribution >= 4 is 17.8 Å². The molecule has 0 aromatic heterocycles. The average Bonchev–Trinajstić information content (AvgIpc) is 3.37. The molecule has 14 N–H and O–H groups in total. The Hall–Kier alpha value is -2.79. The van der Waals surface area contributed by atoms with Crippen LogP contribution in [-0.2, 0) is 42.8 Å². The maximum absolute atomic E-state index is 13.2. The molecular formula is C51H90N2O21. The first kappa shape index (κ1) is 65.5. The molecule has 74 heavy (non-hydrogen) atoms. The SMILES string of the molecule is CCCC/C=C\CCCCCCC(=O)NC(COC1OC(CO)C(OC2OC(CO)C(O)C(OC3(C(=O)O)CC(O)C(NC(C)=O)C(C(O)C(O)CO)O3)C2O)C(O)C1O)C(O)/C=C/CCCCCCCCCC. The van der Waals surface area contributed by atoms with Crippen LogP contribution in [0.5, 0.6) is 0 Å². The van der Waals surface area contributed by atoms with Crippen LogP contribution in [0, 0.1) is 0 Å². The van der Waals surface area contributed by atoms with E-state index in [0.717, 1.165) is 77.6 Å². The van der Waals surface area contributed by atoms with Gasteiger partial charge in [-0.2, -0.15) is 0 Å². The first-order valence-corrected chi connectivity index (χ1v) is 26.7. The van der Waals surface area contributed by atoms with Gasteiger partial charge >= 0.3 is 5.97 Å². The zero-order chi connectivity index (χ0) is 54.8. The smallest absolute Gasteiger partial charge is 0.364 e. The van der Waals surface area contributed by atoms with Gasteiger partial charge in [0, 0.05) is 19.8 Å². The average molecular weight is 1070 g/mol. The lowest BCUT2D eigenvalue weighted by molar-refractivity contribution is -0.386. The maximum Gasteiger partial charge on any atom is 0.364 e. The summed E-state index contributed by atoms with van der Waals surface area (Å²) in [5.41, 5.74) is 0. The minimum absolute atomic E-state index is 0.184. The van der Waals surface area contributed by atoms with Crippen LogP contribution in [0.4, 0.5) is 0 Å². The molecule has 0 aromatic carbocycles. The molecule has 3 rings (SSSR count). The molecule has 3 saturated heterocycles. The molecule has 0 aromatic rings. The van der Waals surface area contributed by atoms with E-state index in [0.29, 0.717) is 12.8 Å². The molecule has 0 spiro atoms. The molecule has 23 heteroatoms. The molecule has 0 radical (unpaired) electrons. The van der Waals surface area contributed by atoms with Crippen LogP contribution in [0.1, 0.15) is 143 Å². The lowest BCUT2D eigenvalue weighted by Gasteiger charge is -2.50. The molecule has 430 valence electrons. The summed E-state index contributed by atoms with van der Waals surface area (Å²) in [6.45, 7) is 1.96. The summed E-state index contributed by atoms with van der Waals surface area (Å²) in [4.78, 5) is 38.1. The standard InChI is InChI=1S/C51H90N2O21/c1-4-6-8-10-12-14-16-18-20-22-24-33(58)32(53-38(61)25-23-21-19-17-15-13-11-9-7-5-2)30-69-48-43(65)42(64)45(37(29-56)71-48)72-49-44(66)47(41(63)36(28-55)70-49)74-51(50(67)68)26-34(59)39(52-31(3)57)46(73-51)40(62)35(60)27-54/h11,13,22,24,32-37,39-49,54-56,58-60,62-66H,4-10,12,14-21,23,25-30H2,1-3H3,(H,52,57)(H,53,61)(H,67,68)/b13-11-,24-22+. The molecule has 3 aliphatic rings. The third kappa shape index (κ3) is 20.5. The van der Waals surface area contributed by atoms with Gasteiger partial charge in [-0.3, -0.25) is 9.59 Å². The highest BCUT2D eigenvalue weighted by molar-refractivity contribution is 5.77. The van der Waals surface area contributed by atoms with Crippen molar-refractivity contribution in [2.24, 2.45) is 0 Å². The number of unbranched alkanes of at least 4 members (excludes halogenated alkanes) is 14. The Morgan fingerprint density at radius 1 is 0.703 bits per heavy atom. The molecular weight excluding hydrogens is 977 g/mol. The summed E-state index contributed by atoms with van der Waals surface area (Å²) in [6, 6.07) is -2.62. The van der Waals surface area contributed by atoms with Crippen molar-refractivity contribution in [3.63, 3.8) is 0 Å². The summed E-state index contributed by atoms with van der Waals surface area (Å²) in [6.07, 6.45) is -4.09.